The minimum atomic E-state index is -0.674. The molecule has 2 saturated heterocycles. The van der Waals surface area contributed by atoms with Crippen molar-refractivity contribution in [2.75, 3.05) is 51.0 Å². The Morgan fingerprint density at radius 2 is 1.22 bits per heavy atom. The minimum Gasteiger partial charge on any atom is -0.453 e. The number of nitrogens with one attached hydrogen (secondary N) is 4. The topological polar surface area (TPSA) is 166 Å². The van der Waals surface area contributed by atoms with Gasteiger partial charge in [0.05, 0.1) is 17.0 Å². The maximum absolute atomic E-state index is 12.5. The van der Waals surface area contributed by atoms with Gasteiger partial charge in [0, 0.05) is 60.8 Å². The van der Waals surface area contributed by atoms with Crippen LogP contribution in [0, 0.1) is 11.8 Å². The average molecular weight is 851 g/mol. The van der Waals surface area contributed by atoms with E-state index in [-0.39, 0.29) is 17.7 Å². The number of fused-ring (bicyclic) bond motifs is 1. The molecular weight excluding hydrogens is 801 g/mol. The fraction of sp³-hybridized carbons (Fsp3) is 0.289. The van der Waals surface area contributed by atoms with Gasteiger partial charge < -0.3 is 40.6 Å². The monoisotopic (exact) mass is 850 g/mol. The Morgan fingerprint density at radius 1 is 0.717 bits per heavy atom. The van der Waals surface area contributed by atoms with Crippen LogP contribution >= 0.6 is 22.7 Å². The number of ether oxygens (including phenoxy) is 1. The lowest BCUT2D eigenvalue weighted by Gasteiger charge is -2.23. The number of anilines is 2. The fourth-order valence-corrected chi connectivity index (χ4v) is 8.48. The average Bonchev–Trinajstić information content (AvgIpc) is 4.13. The van der Waals surface area contributed by atoms with Gasteiger partial charge in [-0.05, 0) is 73.2 Å². The van der Waals surface area contributed by atoms with E-state index in [1.54, 1.807) is 27.6 Å². The van der Waals surface area contributed by atoms with Gasteiger partial charge >= 0.3 is 6.09 Å². The van der Waals surface area contributed by atoms with Gasteiger partial charge in [-0.1, -0.05) is 72.5 Å². The van der Waals surface area contributed by atoms with Gasteiger partial charge in [-0.2, -0.15) is 0 Å². The second kappa shape index (κ2) is 24.4. The number of carbonyl (C=O) groups is 6. The van der Waals surface area contributed by atoms with E-state index in [2.05, 4.69) is 43.9 Å². The van der Waals surface area contributed by atoms with Crippen LogP contribution in [0.2, 0.25) is 0 Å². The molecule has 4 heterocycles. The van der Waals surface area contributed by atoms with Crippen LogP contribution < -0.4 is 21.3 Å². The zero-order valence-corrected chi connectivity index (χ0v) is 35.5. The SMILES string of the molecule is C=O.CC(=O)NC(C(=O)N1CCCC1)c1ccccc1.CNc1ccc(C#Cc2cc3sc(NC=O)cc3s2)cc1.COC(=O)NC(C(=O)N1CCCC1)c1ccccc1. The molecule has 314 valence electrons. The van der Waals surface area contributed by atoms with Gasteiger partial charge in [-0.25, -0.2) is 4.79 Å². The molecule has 4 N–H and O–H groups in total. The number of hydrogen-bond donors (Lipinski definition) is 4. The summed E-state index contributed by atoms with van der Waals surface area (Å²) >= 11 is 3.20. The molecule has 0 aliphatic carbocycles. The standard InChI is InChI=1S/C16H12N2OS2.C14H18N2O3.C14H18N2O2.CH2O/c1-17-12-5-2-11(3-6-12)4-7-13-8-14-15(20-13)9-16(21-14)18-10-19;1-19-14(18)15-12(11-7-3-2-4-8-11)13(17)16-9-5-6-10-16;1-11(17)15-13(12-7-3-2-4-8-12)14(18)16-9-5-6-10-16;1-2/h2-3,5-6,8-10,17H,1H3,(H,18,19);2-4,7-8,12H,5-6,9-10H2,1H3,(H,15,18);2-4,7-8,13H,5-6,9-10H2,1H3,(H,15,17);1H2. The third-order valence-electron chi connectivity index (χ3n) is 9.30. The molecule has 0 bridgehead atoms. The molecule has 2 aromatic heterocycles. The van der Waals surface area contributed by atoms with Gasteiger partial charge in [0.1, 0.15) is 18.9 Å². The lowest BCUT2D eigenvalue weighted by Crippen LogP contribution is -2.41. The molecule has 2 unspecified atom stereocenters. The van der Waals surface area contributed by atoms with Crippen LogP contribution in [-0.2, 0) is 28.7 Å². The molecule has 13 nitrogen and oxygen atoms in total. The molecule has 3 aromatic carbocycles. The molecule has 2 aliphatic heterocycles. The number of alkyl carbamates (subject to hydrolysis) is 1. The van der Waals surface area contributed by atoms with Crippen LogP contribution in [0.1, 0.15) is 66.3 Å². The summed E-state index contributed by atoms with van der Waals surface area (Å²) in [7, 11) is 3.19. The van der Waals surface area contributed by atoms with Gasteiger partial charge in [-0.15, -0.1) is 22.7 Å². The van der Waals surface area contributed by atoms with Crippen LogP contribution in [0.4, 0.5) is 15.5 Å². The fourth-order valence-electron chi connectivity index (χ4n) is 6.37. The van der Waals surface area contributed by atoms with Crippen molar-refractivity contribution in [2.45, 2.75) is 44.7 Å². The second-order valence-electron chi connectivity index (χ2n) is 13.4. The number of methoxy groups -OCH3 is 1. The molecule has 0 saturated carbocycles. The Morgan fingerprint density at radius 3 is 1.67 bits per heavy atom. The highest BCUT2D eigenvalue weighted by Gasteiger charge is 2.30. The molecule has 7 rings (SSSR count). The van der Waals surface area contributed by atoms with E-state index >= 15 is 0 Å². The second-order valence-corrected chi connectivity index (χ2v) is 15.5. The number of likely N-dealkylation sites (tertiary alicyclic amines) is 2. The molecule has 2 atom stereocenters. The molecule has 0 spiro atoms. The number of amides is 5. The third kappa shape index (κ3) is 13.8. The summed E-state index contributed by atoms with van der Waals surface area (Å²) in [6.07, 6.45) is 4.24. The predicted octanol–water partition coefficient (Wildman–Crippen LogP) is 6.98. The van der Waals surface area contributed by atoms with Crippen LogP contribution in [0.25, 0.3) is 9.40 Å². The Labute approximate surface area is 358 Å². The smallest absolute Gasteiger partial charge is 0.407 e. The number of hydrogen-bond acceptors (Lipinski definition) is 10. The van der Waals surface area contributed by atoms with E-state index in [0.29, 0.717) is 6.41 Å². The molecule has 0 radical (unpaired) electrons. The van der Waals surface area contributed by atoms with Crippen molar-refractivity contribution in [1.29, 1.82) is 0 Å². The van der Waals surface area contributed by atoms with Gasteiger partial charge in [0.2, 0.25) is 24.1 Å². The van der Waals surface area contributed by atoms with E-state index in [9.17, 15) is 24.0 Å². The first-order valence-electron chi connectivity index (χ1n) is 19.3. The Bertz CT molecular complexity index is 2170. The molecule has 5 aromatic rings. The lowest BCUT2D eigenvalue weighted by molar-refractivity contribution is -0.135. The van der Waals surface area contributed by atoms with Crippen molar-refractivity contribution in [3.05, 3.63) is 119 Å². The number of nitrogens with zero attached hydrogens (tertiary/aromatic N) is 2. The zero-order valence-electron chi connectivity index (χ0n) is 33.9. The number of thiophene rings is 2. The largest absolute Gasteiger partial charge is 0.453 e. The van der Waals surface area contributed by atoms with Crippen LogP contribution in [0.5, 0.6) is 0 Å². The van der Waals surface area contributed by atoms with Crippen molar-refractivity contribution in [1.82, 2.24) is 20.4 Å². The van der Waals surface area contributed by atoms with Crippen molar-refractivity contribution in [2.24, 2.45) is 0 Å². The summed E-state index contributed by atoms with van der Waals surface area (Å²) in [6.45, 7) is 6.53. The molecule has 5 amide bonds. The number of benzene rings is 3. The molecule has 60 heavy (non-hydrogen) atoms. The van der Waals surface area contributed by atoms with E-state index in [1.807, 2.05) is 110 Å². The minimum absolute atomic E-state index is 0.00565. The highest BCUT2D eigenvalue weighted by Crippen LogP contribution is 2.35. The van der Waals surface area contributed by atoms with Crippen molar-refractivity contribution in [3.8, 4) is 11.8 Å². The van der Waals surface area contributed by atoms with Crippen LogP contribution in [-0.4, -0.2) is 87.2 Å². The first kappa shape index (κ1) is 46.2. The van der Waals surface area contributed by atoms with Crippen molar-refractivity contribution in [3.63, 3.8) is 0 Å². The number of rotatable bonds is 9. The van der Waals surface area contributed by atoms with Gasteiger partial charge in [-0.3, -0.25) is 19.2 Å². The Hall–Kier alpha value is -6.50. The first-order chi connectivity index (χ1) is 29.2. The summed E-state index contributed by atoms with van der Waals surface area (Å²) in [6, 6.07) is 29.4. The molecular formula is C45H50N6O7S2. The van der Waals surface area contributed by atoms with Gasteiger partial charge in [0.15, 0.2) is 0 Å². The number of carbonyl (C=O) groups excluding carboxylic acids is 6. The Balaban J connectivity index is 0.000000195. The van der Waals surface area contributed by atoms with Crippen LogP contribution in [0.3, 0.4) is 0 Å². The van der Waals surface area contributed by atoms with Crippen molar-refractivity contribution >= 4 is 79.8 Å². The summed E-state index contributed by atoms with van der Waals surface area (Å²) in [4.78, 5) is 70.6. The summed E-state index contributed by atoms with van der Waals surface area (Å²) in [5.41, 5.74) is 3.68. The quantitative estimate of drug-likeness (QED) is 0.0911. The van der Waals surface area contributed by atoms with E-state index in [0.717, 1.165) is 93.5 Å². The van der Waals surface area contributed by atoms with Gasteiger partial charge in [0.25, 0.3) is 0 Å². The highest BCUT2D eigenvalue weighted by atomic mass is 32.1. The third-order valence-corrected chi connectivity index (χ3v) is 11.4. The highest BCUT2D eigenvalue weighted by molar-refractivity contribution is 7.30. The van der Waals surface area contributed by atoms with Crippen LogP contribution in [0.15, 0.2) is 97.1 Å². The molecule has 15 heteroatoms. The van der Waals surface area contributed by atoms with E-state index < -0.39 is 18.2 Å². The molecule has 2 fully saturated rings. The van der Waals surface area contributed by atoms with E-state index in [4.69, 9.17) is 4.79 Å². The van der Waals surface area contributed by atoms with E-state index in [1.165, 1.54) is 14.0 Å². The maximum atomic E-state index is 12.5. The summed E-state index contributed by atoms with van der Waals surface area (Å²) in [5, 5.41) is 12.0. The zero-order chi connectivity index (χ0) is 43.3. The van der Waals surface area contributed by atoms with Crippen molar-refractivity contribution < 1.29 is 33.5 Å². The summed E-state index contributed by atoms with van der Waals surface area (Å²) < 4.78 is 6.90. The maximum Gasteiger partial charge on any atom is 0.407 e. The first-order valence-corrected chi connectivity index (χ1v) is 20.9. The molecule has 2 aliphatic rings. The Kier molecular flexibility index (Phi) is 18.8. The normalized spacial score (nSPS) is 13.5. The predicted molar refractivity (Wildman–Crippen MR) is 238 cm³/mol. The lowest BCUT2D eigenvalue weighted by atomic mass is 10.1. The summed E-state index contributed by atoms with van der Waals surface area (Å²) in [5.74, 6) is 6.09.